The minimum absolute atomic E-state index is 0.168. The third kappa shape index (κ3) is 2.83. The normalized spacial score (nSPS) is 15.0. The van der Waals surface area contributed by atoms with E-state index in [9.17, 15) is 5.11 Å². The van der Waals surface area contributed by atoms with E-state index in [0.717, 1.165) is 6.42 Å². The summed E-state index contributed by atoms with van der Waals surface area (Å²) in [4.78, 5) is 0. The molecule has 0 amide bonds. The van der Waals surface area contributed by atoms with Crippen molar-refractivity contribution in [2.24, 2.45) is 0 Å². The van der Waals surface area contributed by atoms with Crippen LogP contribution in [0.4, 0.5) is 0 Å². The maximum Gasteiger partial charge on any atom is 0.231 e. The Balaban J connectivity index is 2.08. The van der Waals surface area contributed by atoms with E-state index in [4.69, 9.17) is 25.8 Å². The molecule has 1 aliphatic heterocycles. The van der Waals surface area contributed by atoms with E-state index < -0.39 is 6.10 Å². The van der Waals surface area contributed by atoms with Crippen LogP contribution in [-0.4, -0.2) is 25.1 Å². The molecular weight excluding hydrogens is 244 g/mol. The predicted octanol–water partition coefficient (Wildman–Crippen LogP) is 2.53. The molecule has 1 heterocycles. The molecule has 1 aromatic carbocycles. The summed E-state index contributed by atoms with van der Waals surface area (Å²) in [5, 5.41) is 10.4. The lowest BCUT2D eigenvalue weighted by molar-refractivity contribution is 0.0363. The summed E-state index contributed by atoms with van der Waals surface area (Å²) < 4.78 is 15.7. The SMILES string of the molecule is CCCOCC(O)c1cc(Cl)c2c(c1)OCO2. The first-order chi connectivity index (χ1) is 8.22. The monoisotopic (exact) mass is 258 g/mol. The molecule has 1 aromatic rings. The van der Waals surface area contributed by atoms with Crippen LogP contribution in [-0.2, 0) is 4.74 Å². The Morgan fingerprint density at radius 2 is 2.29 bits per heavy atom. The van der Waals surface area contributed by atoms with Crippen molar-refractivity contribution < 1.29 is 19.3 Å². The summed E-state index contributed by atoms with van der Waals surface area (Å²) in [6.07, 6.45) is 0.225. The van der Waals surface area contributed by atoms with Gasteiger partial charge < -0.3 is 19.3 Å². The Kier molecular flexibility index (Phi) is 4.10. The second-order valence-electron chi connectivity index (χ2n) is 3.83. The van der Waals surface area contributed by atoms with Crippen molar-refractivity contribution >= 4 is 11.6 Å². The van der Waals surface area contributed by atoms with Crippen LogP contribution >= 0.6 is 11.6 Å². The van der Waals surface area contributed by atoms with Crippen LogP contribution < -0.4 is 9.47 Å². The number of halogens is 1. The Morgan fingerprint density at radius 3 is 3.06 bits per heavy atom. The highest BCUT2D eigenvalue weighted by Gasteiger charge is 2.20. The zero-order valence-electron chi connectivity index (χ0n) is 9.61. The van der Waals surface area contributed by atoms with Crippen molar-refractivity contribution in [1.82, 2.24) is 0 Å². The first-order valence-corrected chi connectivity index (χ1v) is 5.95. The highest BCUT2D eigenvalue weighted by atomic mass is 35.5. The predicted molar refractivity (Wildman–Crippen MR) is 63.6 cm³/mol. The van der Waals surface area contributed by atoms with E-state index in [1.807, 2.05) is 6.92 Å². The van der Waals surface area contributed by atoms with E-state index in [1.54, 1.807) is 12.1 Å². The van der Waals surface area contributed by atoms with Crippen LogP contribution in [0.3, 0.4) is 0 Å². The number of fused-ring (bicyclic) bond motifs is 1. The quantitative estimate of drug-likeness (QED) is 0.825. The van der Waals surface area contributed by atoms with Crippen molar-refractivity contribution in [3.8, 4) is 11.5 Å². The van der Waals surface area contributed by atoms with Crippen molar-refractivity contribution in [2.45, 2.75) is 19.4 Å². The van der Waals surface area contributed by atoms with Crippen LogP contribution in [0.1, 0.15) is 25.0 Å². The summed E-state index contributed by atoms with van der Waals surface area (Å²) in [5.74, 6) is 1.11. The van der Waals surface area contributed by atoms with E-state index >= 15 is 0 Å². The Hall–Kier alpha value is -0.970. The summed E-state index contributed by atoms with van der Waals surface area (Å²) in [6.45, 7) is 3.07. The molecule has 0 saturated heterocycles. The fourth-order valence-corrected chi connectivity index (χ4v) is 1.89. The average Bonchev–Trinajstić information content (AvgIpc) is 2.77. The van der Waals surface area contributed by atoms with Gasteiger partial charge in [0.25, 0.3) is 0 Å². The molecule has 1 unspecified atom stereocenters. The lowest BCUT2D eigenvalue weighted by Crippen LogP contribution is -2.07. The summed E-state index contributed by atoms with van der Waals surface area (Å²) in [7, 11) is 0. The molecular formula is C12H15ClO4. The minimum atomic E-state index is -0.700. The van der Waals surface area contributed by atoms with Crippen molar-refractivity contribution in [1.29, 1.82) is 0 Å². The standard InChI is InChI=1S/C12H15ClO4/c1-2-3-15-6-10(14)8-4-9(13)12-11(5-8)16-7-17-12/h4-5,10,14H,2-3,6-7H2,1H3. The molecule has 4 nitrogen and oxygen atoms in total. The maximum atomic E-state index is 9.92. The molecule has 0 aliphatic carbocycles. The van der Waals surface area contributed by atoms with Gasteiger partial charge in [0, 0.05) is 6.61 Å². The Morgan fingerprint density at radius 1 is 1.47 bits per heavy atom. The molecule has 0 bridgehead atoms. The lowest BCUT2D eigenvalue weighted by atomic mass is 10.1. The fraction of sp³-hybridized carbons (Fsp3) is 0.500. The van der Waals surface area contributed by atoms with Gasteiger partial charge in [-0.05, 0) is 24.1 Å². The van der Waals surface area contributed by atoms with Gasteiger partial charge in [-0.15, -0.1) is 0 Å². The summed E-state index contributed by atoms with van der Waals surface area (Å²) in [6, 6.07) is 3.41. The maximum absolute atomic E-state index is 9.92. The van der Waals surface area contributed by atoms with Crippen LogP contribution in [0.5, 0.6) is 11.5 Å². The Labute approximate surface area is 105 Å². The summed E-state index contributed by atoms with van der Waals surface area (Å²) in [5.41, 5.74) is 0.676. The molecule has 1 aliphatic rings. The van der Waals surface area contributed by atoms with Gasteiger partial charge in [0.2, 0.25) is 6.79 Å². The second-order valence-corrected chi connectivity index (χ2v) is 4.23. The van der Waals surface area contributed by atoms with E-state index in [-0.39, 0.29) is 13.4 Å². The number of rotatable bonds is 5. The molecule has 2 rings (SSSR count). The van der Waals surface area contributed by atoms with Crippen LogP contribution in [0.15, 0.2) is 12.1 Å². The molecule has 0 radical (unpaired) electrons. The van der Waals surface area contributed by atoms with Gasteiger partial charge in [0.05, 0.1) is 11.6 Å². The van der Waals surface area contributed by atoms with Gasteiger partial charge >= 0.3 is 0 Å². The minimum Gasteiger partial charge on any atom is -0.454 e. The van der Waals surface area contributed by atoms with Gasteiger partial charge in [-0.1, -0.05) is 18.5 Å². The number of benzene rings is 1. The number of hydrogen-bond donors (Lipinski definition) is 1. The fourth-order valence-electron chi connectivity index (χ4n) is 1.62. The molecule has 0 spiro atoms. The molecule has 1 atom stereocenters. The van der Waals surface area contributed by atoms with Gasteiger partial charge in [0.15, 0.2) is 11.5 Å². The lowest BCUT2D eigenvalue weighted by Gasteiger charge is -2.12. The first kappa shape index (κ1) is 12.5. The zero-order chi connectivity index (χ0) is 12.3. The van der Waals surface area contributed by atoms with E-state index in [2.05, 4.69) is 0 Å². The second kappa shape index (κ2) is 5.58. The van der Waals surface area contributed by atoms with Gasteiger partial charge in [-0.2, -0.15) is 0 Å². The van der Waals surface area contributed by atoms with E-state index in [0.29, 0.717) is 28.7 Å². The van der Waals surface area contributed by atoms with Gasteiger partial charge in [-0.25, -0.2) is 0 Å². The number of ether oxygens (including phenoxy) is 3. The molecule has 17 heavy (non-hydrogen) atoms. The zero-order valence-corrected chi connectivity index (χ0v) is 10.4. The number of aliphatic hydroxyl groups is 1. The van der Waals surface area contributed by atoms with Gasteiger partial charge in [-0.3, -0.25) is 0 Å². The Bertz CT molecular complexity index is 394. The number of hydrogen-bond acceptors (Lipinski definition) is 4. The number of aliphatic hydroxyl groups excluding tert-OH is 1. The highest BCUT2D eigenvalue weighted by Crippen LogP contribution is 2.41. The molecule has 5 heteroatoms. The average molecular weight is 259 g/mol. The van der Waals surface area contributed by atoms with Crippen molar-refractivity contribution in [3.63, 3.8) is 0 Å². The van der Waals surface area contributed by atoms with Crippen molar-refractivity contribution in [3.05, 3.63) is 22.7 Å². The summed E-state index contributed by atoms with van der Waals surface area (Å²) >= 11 is 6.02. The van der Waals surface area contributed by atoms with Crippen LogP contribution in [0.25, 0.3) is 0 Å². The highest BCUT2D eigenvalue weighted by molar-refractivity contribution is 6.32. The molecule has 0 saturated carbocycles. The van der Waals surface area contributed by atoms with E-state index in [1.165, 1.54) is 0 Å². The molecule has 0 fully saturated rings. The smallest absolute Gasteiger partial charge is 0.231 e. The molecule has 94 valence electrons. The largest absolute Gasteiger partial charge is 0.454 e. The third-order valence-corrected chi connectivity index (χ3v) is 2.74. The topological polar surface area (TPSA) is 47.9 Å². The molecule has 0 aromatic heterocycles. The van der Waals surface area contributed by atoms with Crippen LogP contribution in [0, 0.1) is 0 Å². The molecule has 1 N–H and O–H groups in total. The third-order valence-electron chi connectivity index (χ3n) is 2.46. The van der Waals surface area contributed by atoms with Gasteiger partial charge in [0.1, 0.15) is 6.10 Å². The van der Waals surface area contributed by atoms with Crippen LogP contribution in [0.2, 0.25) is 5.02 Å². The first-order valence-electron chi connectivity index (χ1n) is 5.57. The van der Waals surface area contributed by atoms with Crippen molar-refractivity contribution in [2.75, 3.05) is 20.0 Å².